The highest BCUT2D eigenvalue weighted by molar-refractivity contribution is 7.91. The standard InChI is InChI=1S/C9H15N3O2S/c1-9(7-6-11-8(10)12-7)2-4-15(13,14)5-3-9/h6H,2-5H2,1H3,(H3,10,11,12). The molecule has 0 bridgehead atoms. The summed E-state index contributed by atoms with van der Waals surface area (Å²) in [5.41, 5.74) is 6.32. The molecule has 1 fully saturated rings. The molecule has 2 heterocycles. The molecule has 0 saturated carbocycles. The third kappa shape index (κ3) is 1.99. The van der Waals surface area contributed by atoms with Gasteiger partial charge in [0.15, 0.2) is 5.95 Å². The maximum absolute atomic E-state index is 11.3. The van der Waals surface area contributed by atoms with E-state index in [-0.39, 0.29) is 16.9 Å². The highest BCUT2D eigenvalue weighted by Gasteiger charge is 2.35. The largest absolute Gasteiger partial charge is 0.369 e. The molecule has 6 heteroatoms. The van der Waals surface area contributed by atoms with Crippen molar-refractivity contribution in [3.63, 3.8) is 0 Å². The number of aromatic nitrogens is 2. The van der Waals surface area contributed by atoms with E-state index in [1.165, 1.54) is 0 Å². The van der Waals surface area contributed by atoms with Crippen molar-refractivity contribution in [2.24, 2.45) is 0 Å². The van der Waals surface area contributed by atoms with Gasteiger partial charge in [0.05, 0.1) is 17.7 Å². The molecule has 0 amide bonds. The van der Waals surface area contributed by atoms with Gasteiger partial charge in [0, 0.05) is 11.1 Å². The number of aromatic amines is 1. The minimum atomic E-state index is -2.82. The number of nitrogen functional groups attached to an aromatic ring is 1. The molecule has 0 aromatic carbocycles. The lowest BCUT2D eigenvalue weighted by Crippen LogP contribution is -2.34. The maximum Gasteiger partial charge on any atom is 0.197 e. The number of sulfone groups is 1. The molecule has 1 aliphatic rings. The highest BCUT2D eigenvalue weighted by Crippen LogP contribution is 2.34. The number of hydrogen-bond donors (Lipinski definition) is 2. The van der Waals surface area contributed by atoms with Gasteiger partial charge in [-0.3, -0.25) is 0 Å². The predicted molar refractivity (Wildman–Crippen MR) is 58.2 cm³/mol. The third-order valence-corrected chi connectivity index (χ3v) is 4.83. The van der Waals surface area contributed by atoms with Crippen LogP contribution < -0.4 is 5.73 Å². The summed E-state index contributed by atoms with van der Waals surface area (Å²) in [6, 6.07) is 0. The first-order valence-corrected chi connectivity index (χ1v) is 6.75. The summed E-state index contributed by atoms with van der Waals surface area (Å²) in [6.45, 7) is 2.05. The second-order valence-corrected chi connectivity index (χ2v) is 6.70. The summed E-state index contributed by atoms with van der Waals surface area (Å²) in [5, 5.41) is 0. The van der Waals surface area contributed by atoms with Crippen molar-refractivity contribution in [3.05, 3.63) is 11.9 Å². The summed E-state index contributed by atoms with van der Waals surface area (Å²) in [4.78, 5) is 6.93. The quantitative estimate of drug-likeness (QED) is 0.732. The Labute approximate surface area is 89.0 Å². The fourth-order valence-corrected chi connectivity index (χ4v) is 3.63. The van der Waals surface area contributed by atoms with Crippen LogP contribution in [0.25, 0.3) is 0 Å². The molecule has 0 spiro atoms. The molecule has 1 aromatic heterocycles. The Hall–Kier alpha value is -1.04. The Morgan fingerprint density at radius 3 is 2.53 bits per heavy atom. The zero-order chi connectivity index (χ0) is 11.1. The minimum Gasteiger partial charge on any atom is -0.369 e. The second kappa shape index (κ2) is 3.23. The van der Waals surface area contributed by atoms with Crippen LogP contribution in [-0.2, 0) is 15.3 Å². The van der Waals surface area contributed by atoms with Crippen LogP contribution in [-0.4, -0.2) is 29.9 Å². The van der Waals surface area contributed by atoms with Gasteiger partial charge in [-0.05, 0) is 12.8 Å². The van der Waals surface area contributed by atoms with Gasteiger partial charge in [0.1, 0.15) is 9.84 Å². The van der Waals surface area contributed by atoms with E-state index >= 15 is 0 Å². The third-order valence-electron chi connectivity index (χ3n) is 3.18. The van der Waals surface area contributed by atoms with Crippen LogP contribution in [0.5, 0.6) is 0 Å². The van der Waals surface area contributed by atoms with Gasteiger partial charge in [-0.1, -0.05) is 6.92 Å². The van der Waals surface area contributed by atoms with E-state index in [4.69, 9.17) is 5.73 Å². The lowest BCUT2D eigenvalue weighted by molar-refractivity contribution is 0.409. The Kier molecular flexibility index (Phi) is 2.26. The summed E-state index contributed by atoms with van der Waals surface area (Å²) < 4.78 is 22.6. The van der Waals surface area contributed by atoms with Crippen LogP contribution >= 0.6 is 0 Å². The molecule has 0 unspecified atom stereocenters. The van der Waals surface area contributed by atoms with Gasteiger partial charge in [-0.2, -0.15) is 0 Å². The molecule has 5 nitrogen and oxygen atoms in total. The van der Waals surface area contributed by atoms with Crippen molar-refractivity contribution in [1.82, 2.24) is 9.97 Å². The first-order chi connectivity index (χ1) is 6.91. The molecule has 1 aliphatic heterocycles. The molecule has 84 valence electrons. The van der Waals surface area contributed by atoms with E-state index in [0.29, 0.717) is 18.8 Å². The van der Waals surface area contributed by atoms with Crippen LogP contribution in [0.4, 0.5) is 5.95 Å². The lowest BCUT2D eigenvalue weighted by atomic mass is 9.81. The van der Waals surface area contributed by atoms with Crippen molar-refractivity contribution < 1.29 is 8.42 Å². The Bertz CT molecular complexity index is 449. The molecule has 1 aromatic rings. The van der Waals surface area contributed by atoms with E-state index in [2.05, 4.69) is 16.9 Å². The topological polar surface area (TPSA) is 88.8 Å². The molecule has 1 saturated heterocycles. The highest BCUT2D eigenvalue weighted by atomic mass is 32.2. The molecule has 3 N–H and O–H groups in total. The van der Waals surface area contributed by atoms with Crippen LogP contribution in [0.2, 0.25) is 0 Å². The fourth-order valence-electron chi connectivity index (χ4n) is 1.90. The van der Waals surface area contributed by atoms with Gasteiger partial charge in [-0.25, -0.2) is 13.4 Å². The number of nitrogens with zero attached hydrogens (tertiary/aromatic N) is 1. The molecule has 0 aliphatic carbocycles. The minimum absolute atomic E-state index is 0.129. The number of nitrogens with two attached hydrogens (primary N) is 1. The molecule has 15 heavy (non-hydrogen) atoms. The number of rotatable bonds is 1. The fraction of sp³-hybridized carbons (Fsp3) is 0.667. The van der Waals surface area contributed by atoms with Crippen LogP contribution in [0.15, 0.2) is 6.20 Å². The van der Waals surface area contributed by atoms with Crippen molar-refractivity contribution in [2.45, 2.75) is 25.2 Å². The van der Waals surface area contributed by atoms with Gasteiger partial charge in [0.2, 0.25) is 0 Å². The number of hydrogen-bond acceptors (Lipinski definition) is 4. The summed E-state index contributed by atoms with van der Waals surface area (Å²) >= 11 is 0. The maximum atomic E-state index is 11.3. The molecule has 0 radical (unpaired) electrons. The predicted octanol–water partition coefficient (Wildman–Crippen LogP) is 0.458. The van der Waals surface area contributed by atoms with Crippen LogP contribution in [0, 0.1) is 0 Å². The molecular formula is C9H15N3O2S. The van der Waals surface area contributed by atoms with Crippen LogP contribution in [0.1, 0.15) is 25.5 Å². The number of nitrogens with one attached hydrogen (secondary N) is 1. The van der Waals surface area contributed by atoms with E-state index in [1.54, 1.807) is 6.20 Å². The Morgan fingerprint density at radius 1 is 1.47 bits per heavy atom. The average molecular weight is 229 g/mol. The molecular weight excluding hydrogens is 214 g/mol. The summed E-state index contributed by atoms with van der Waals surface area (Å²) in [7, 11) is -2.82. The van der Waals surface area contributed by atoms with Gasteiger partial charge >= 0.3 is 0 Å². The number of imidazole rings is 1. The van der Waals surface area contributed by atoms with Gasteiger partial charge in [-0.15, -0.1) is 0 Å². The Morgan fingerprint density at radius 2 is 2.07 bits per heavy atom. The first-order valence-electron chi connectivity index (χ1n) is 4.93. The second-order valence-electron chi connectivity index (χ2n) is 4.39. The van der Waals surface area contributed by atoms with Crippen molar-refractivity contribution >= 4 is 15.8 Å². The van der Waals surface area contributed by atoms with E-state index in [1.807, 2.05) is 0 Å². The van der Waals surface area contributed by atoms with E-state index in [0.717, 1.165) is 5.69 Å². The summed E-state index contributed by atoms with van der Waals surface area (Å²) in [6.07, 6.45) is 2.97. The van der Waals surface area contributed by atoms with E-state index in [9.17, 15) is 8.42 Å². The van der Waals surface area contributed by atoms with Crippen LogP contribution in [0.3, 0.4) is 0 Å². The number of H-pyrrole nitrogens is 1. The van der Waals surface area contributed by atoms with Crippen molar-refractivity contribution in [1.29, 1.82) is 0 Å². The smallest absolute Gasteiger partial charge is 0.197 e. The first kappa shape index (κ1) is 10.5. The normalized spacial score (nSPS) is 23.8. The average Bonchev–Trinajstić information content (AvgIpc) is 2.59. The Balaban J connectivity index is 2.23. The monoisotopic (exact) mass is 229 g/mol. The molecule has 0 atom stereocenters. The van der Waals surface area contributed by atoms with Crippen molar-refractivity contribution in [3.8, 4) is 0 Å². The zero-order valence-corrected chi connectivity index (χ0v) is 9.47. The van der Waals surface area contributed by atoms with Gasteiger partial charge in [0.25, 0.3) is 0 Å². The molecule has 2 rings (SSSR count). The zero-order valence-electron chi connectivity index (χ0n) is 8.66. The summed E-state index contributed by atoms with van der Waals surface area (Å²) in [5.74, 6) is 0.893. The van der Waals surface area contributed by atoms with Gasteiger partial charge < -0.3 is 10.7 Å². The SMILES string of the molecule is CC1(c2cnc(N)[nH]2)CCS(=O)(=O)CC1. The van der Waals surface area contributed by atoms with E-state index < -0.39 is 9.84 Å². The lowest BCUT2D eigenvalue weighted by Gasteiger charge is -2.32. The number of anilines is 1. The van der Waals surface area contributed by atoms with Crippen molar-refractivity contribution in [2.75, 3.05) is 17.2 Å².